The molecule has 4 aromatic rings. The molecule has 0 radical (unpaired) electrons. The zero-order valence-corrected chi connectivity index (χ0v) is 30.1. The first-order valence-corrected chi connectivity index (χ1v) is 18.5. The summed E-state index contributed by atoms with van der Waals surface area (Å²) in [6.07, 6.45) is 15.9. The largest absolute Gasteiger partial charge is 0.349 e. The zero-order valence-electron chi connectivity index (χ0n) is 30.1. The molecule has 0 aliphatic heterocycles. The quantitative estimate of drug-likeness (QED) is 0.0543. The van der Waals surface area contributed by atoms with Crippen LogP contribution in [0.3, 0.4) is 0 Å². The van der Waals surface area contributed by atoms with Crippen molar-refractivity contribution < 1.29 is 9.59 Å². The highest BCUT2D eigenvalue weighted by molar-refractivity contribution is 5.97. The number of carbonyl (C=O) groups is 2. The monoisotopic (exact) mass is 661 g/mol. The second-order valence-corrected chi connectivity index (χ2v) is 13.1. The van der Waals surface area contributed by atoms with Crippen molar-refractivity contribution in [2.24, 2.45) is 0 Å². The van der Waals surface area contributed by atoms with Crippen LogP contribution in [0.25, 0.3) is 11.2 Å². The van der Waals surface area contributed by atoms with Crippen molar-refractivity contribution in [3.8, 4) is 0 Å². The molecule has 0 saturated heterocycles. The van der Waals surface area contributed by atoms with Crippen molar-refractivity contribution in [2.45, 2.75) is 130 Å². The molecule has 0 aliphatic carbocycles. The fourth-order valence-electron chi connectivity index (χ4n) is 6.56. The maximum Gasteiger partial charge on any atom is 0.251 e. The molecule has 260 valence electrons. The second-order valence-electron chi connectivity index (χ2n) is 13.1. The number of fused-ring (bicyclic) bond motifs is 1. The normalized spacial score (nSPS) is 12.5. The van der Waals surface area contributed by atoms with Gasteiger partial charge in [-0.3, -0.25) is 9.59 Å². The van der Waals surface area contributed by atoms with Crippen LogP contribution in [0.1, 0.15) is 147 Å². The van der Waals surface area contributed by atoms with Crippen molar-refractivity contribution in [1.82, 2.24) is 25.3 Å². The predicted molar refractivity (Wildman–Crippen MR) is 200 cm³/mol. The standard InChI is InChI=1S/C42H55N5O2/c1-6-11-22-38-46-39(32(10-5)16-7-2)40-41(47-38)43-29-35(44-40)28-25-30-23-26-33(27-24-30)42(49)45-34(17-8-3)19-13-15-21-37(48)36-20-14-12-18-31(36)9-4/h6,12,14,18,20,23-24,26-27,29,32,34H,1,7-11,13,15-17,19,21-22,25,28H2,2-5H3,(H,45,49). The van der Waals surface area contributed by atoms with E-state index in [0.29, 0.717) is 23.5 Å². The van der Waals surface area contributed by atoms with Gasteiger partial charge in [0.25, 0.3) is 5.91 Å². The molecule has 0 bridgehead atoms. The average molecular weight is 662 g/mol. The Morgan fingerprint density at radius 3 is 2.35 bits per heavy atom. The number of nitrogens with zero attached hydrogens (tertiary/aromatic N) is 4. The van der Waals surface area contributed by atoms with Crippen LogP contribution in [0, 0.1) is 0 Å². The number of carbonyl (C=O) groups excluding carboxylic acids is 2. The van der Waals surface area contributed by atoms with E-state index in [0.717, 1.165) is 123 Å². The van der Waals surface area contributed by atoms with E-state index in [4.69, 9.17) is 19.9 Å². The lowest BCUT2D eigenvalue weighted by Crippen LogP contribution is -2.34. The van der Waals surface area contributed by atoms with E-state index < -0.39 is 0 Å². The summed E-state index contributed by atoms with van der Waals surface area (Å²) in [5.74, 6) is 1.31. The van der Waals surface area contributed by atoms with Crippen LogP contribution in [0.15, 0.2) is 67.4 Å². The molecular weight excluding hydrogens is 606 g/mol. The van der Waals surface area contributed by atoms with Gasteiger partial charge in [0.05, 0.1) is 17.6 Å². The highest BCUT2D eigenvalue weighted by Gasteiger charge is 2.19. The van der Waals surface area contributed by atoms with Gasteiger partial charge in [-0.05, 0) is 81.0 Å². The molecule has 2 unspecified atom stereocenters. The Hall–Kier alpha value is -4.26. The first kappa shape index (κ1) is 37.6. The van der Waals surface area contributed by atoms with Gasteiger partial charge >= 0.3 is 0 Å². The number of nitrogens with one attached hydrogen (secondary N) is 1. The molecule has 7 nitrogen and oxygen atoms in total. The van der Waals surface area contributed by atoms with Crippen LogP contribution >= 0.6 is 0 Å². The lowest BCUT2D eigenvalue weighted by Gasteiger charge is -2.18. The number of benzene rings is 2. The Balaban J connectivity index is 1.33. The van der Waals surface area contributed by atoms with E-state index in [9.17, 15) is 9.59 Å². The fourth-order valence-corrected chi connectivity index (χ4v) is 6.56. The minimum Gasteiger partial charge on any atom is -0.349 e. The van der Waals surface area contributed by atoms with E-state index in [1.807, 2.05) is 60.8 Å². The van der Waals surface area contributed by atoms with Crippen molar-refractivity contribution in [2.75, 3.05) is 0 Å². The number of aromatic nitrogens is 4. The van der Waals surface area contributed by atoms with Gasteiger partial charge in [0.1, 0.15) is 11.3 Å². The third kappa shape index (κ3) is 10.9. The number of Topliss-reactive ketones (excluding diaryl/α,β-unsaturated/α-hetero) is 1. The summed E-state index contributed by atoms with van der Waals surface area (Å²) in [5.41, 5.74) is 7.20. The number of ketones is 1. The molecule has 2 heterocycles. The van der Waals surface area contributed by atoms with E-state index in [2.05, 4.69) is 39.6 Å². The van der Waals surface area contributed by atoms with Crippen LogP contribution in [0.4, 0.5) is 0 Å². The molecule has 0 aliphatic rings. The van der Waals surface area contributed by atoms with Gasteiger partial charge in [0.2, 0.25) is 0 Å². The van der Waals surface area contributed by atoms with Gasteiger partial charge in [0.15, 0.2) is 11.4 Å². The van der Waals surface area contributed by atoms with Crippen LogP contribution in [-0.4, -0.2) is 37.7 Å². The van der Waals surface area contributed by atoms with Crippen molar-refractivity contribution >= 4 is 22.9 Å². The Morgan fingerprint density at radius 2 is 1.63 bits per heavy atom. The van der Waals surface area contributed by atoms with Gasteiger partial charge in [-0.15, -0.1) is 6.58 Å². The first-order chi connectivity index (χ1) is 23.9. The zero-order chi connectivity index (χ0) is 35.0. The highest BCUT2D eigenvalue weighted by Crippen LogP contribution is 2.28. The number of hydrogen-bond donors (Lipinski definition) is 1. The van der Waals surface area contributed by atoms with Gasteiger partial charge in [0, 0.05) is 35.9 Å². The molecular formula is C42H55N5O2. The third-order valence-electron chi connectivity index (χ3n) is 9.38. The molecule has 0 saturated carbocycles. The third-order valence-corrected chi connectivity index (χ3v) is 9.38. The summed E-state index contributed by atoms with van der Waals surface area (Å²) < 4.78 is 0. The Labute approximate surface area is 293 Å². The lowest BCUT2D eigenvalue weighted by atomic mass is 9.95. The number of aryl methyl sites for hydroxylation is 4. The summed E-state index contributed by atoms with van der Waals surface area (Å²) in [4.78, 5) is 45.4. The molecule has 0 fully saturated rings. The van der Waals surface area contributed by atoms with Crippen molar-refractivity contribution in [3.63, 3.8) is 0 Å². The molecule has 1 amide bonds. The summed E-state index contributed by atoms with van der Waals surface area (Å²) in [5, 5.41) is 3.25. The predicted octanol–water partition coefficient (Wildman–Crippen LogP) is 9.52. The lowest BCUT2D eigenvalue weighted by molar-refractivity contribution is 0.0927. The van der Waals surface area contributed by atoms with Crippen LogP contribution in [0.2, 0.25) is 0 Å². The molecule has 0 spiro atoms. The first-order valence-electron chi connectivity index (χ1n) is 18.5. The smallest absolute Gasteiger partial charge is 0.251 e. The summed E-state index contributed by atoms with van der Waals surface area (Å²) in [6.45, 7) is 12.5. The molecule has 2 atom stereocenters. The van der Waals surface area contributed by atoms with E-state index in [1.165, 1.54) is 0 Å². The maximum absolute atomic E-state index is 13.2. The number of hydrogen-bond acceptors (Lipinski definition) is 6. The summed E-state index contributed by atoms with van der Waals surface area (Å²) in [6, 6.07) is 15.9. The number of unbranched alkanes of at least 4 members (excludes halogenated alkanes) is 1. The number of rotatable bonds is 21. The topological polar surface area (TPSA) is 97.7 Å². The van der Waals surface area contributed by atoms with Crippen molar-refractivity contribution in [1.29, 1.82) is 0 Å². The maximum atomic E-state index is 13.2. The van der Waals surface area contributed by atoms with Crippen LogP contribution in [-0.2, 0) is 25.7 Å². The van der Waals surface area contributed by atoms with E-state index in [-0.39, 0.29) is 17.7 Å². The Morgan fingerprint density at radius 1 is 0.857 bits per heavy atom. The number of amides is 1. The highest BCUT2D eigenvalue weighted by atomic mass is 16.1. The van der Waals surface area contributed by atoms with Gasteiger partial charge in [-0.25, -0.2) is 19.9 Å². The van der Waals surface area contributed by atoms with Gasteiger partial charge in [-0.2, -0.15) is 0 Å². The minimum absolute atomic E-state index is 0.0455. The molecule has 2 aromatic heterocycles. The Kier molecular flexibility index (Phi) is 15.1. The summed E-state index contributed by atoms with van der Waals surface area (Å²) in [7, 11) is 0. The fraction of sp³-hybridized carbons (Fsp3) is 0.476. The van der Waals surface area contributed by atoms with Crippen LogP contribution in [0.5, 0.6) is 0 Å². The van der Waals surface area contributed by atoms with E-state index >= 15 is 0 Å². The minimum atomic E-state index is -0.0455. The molecule has 1 N–H and O–H groups in total. The second kappa shape index (κ2) is 19.7. The molecule has 7 heteroatoms. The molecule has 49 heavy (non-hydrogen) atoms. The SMILES string of the molecule is C=CCCc1nc(C(CC)CCC)c2nc(CCc3ccc(C(=O)NC(CCC)CCCCC(=O)c4ccccc4CC)cc3)cnc2n1. The Bertz CT molecular complexity index is 1670. The average Bonchev–Trinajstić information content (AvgIpc) is 3.13. The van der Waals surface area contributed by atoms with E-state index in [1.54, 1.807) is 0 Å². The summed E-state index contributed by atoms with van der Waals surface area (Å²) >= 11 is 0. The van der Waals surface area contributed by atoms with Crippen molar-refractivity contribution in [3.05, 3.63) is 107 Å². The van der Waals surface area contributed by atoms with Gasteiger partial charge < -0.3 is 5.32 Å². The molecule has 4 rings (SSSR count). The number of allylic oxidation sites excluding steroid dienone is 1. The van der Waals surface area contributed by atoms with Crippen LogP contribution < -0.4 is 5.32 Å². The molecule has 2 aromatic carbocycles. The van der Waals surface area contributed by atoms with Gasteiger partial charge in [-0.1, -0.05) is 89.4 Å².